The van der Waals surface area contributed by atoms with Crippen LogP contribution in [0.4, 0.5) is 13.2 Å². The van der Waals surface area contributed by atoms with E-state index >= 15 is 0 Å². The van der Waals surface area contributed by atoms with Crippen molar-refractivity contribution in [1.82, 2.24) is 10.2 Å². The molecule has 0 amide bonds. The fourth-order valence-corrected chi connectivity index (χ4v) is 2.14. The minimum Gasteiger partial charge on any atom is -0.478 e. The van der Waals surface area contributed by atoms with Crippen LogP contribution in [0.25, 0.3) is 0 Å². The molecule has 0 aromatic carbocycles. The van der Waals surface area contributed by atoms with Gasteiger partial charge in [-0.1, -0.05) is 6.58 Å². The van der Waals surface area contributed by atoms with E-state index in [4.69, 9.17) is 9.84 Å². The van der Waals surface area contributed by atoms with Crippen molar-refractivity contribution >= 4 is 11.9 Å². The summed E-state index contributed by atoms with van der Waals surface area (Å²) in [7, 11) is 0. The van der Waals surface area contributed by atoms with Gasteiger partial charge in [-0.2, -0.15) is 18.3 Å². The first-order valence-corrected chi connectivity index (χ1v) is 6.68. The molecule has 23 heavy (non-hydrogen) atoms. The summed E-state index contributed by atoms with van der Waals surface area (Å²) in [5, 5.41) is 15.3. The molecule has 1 saturated carbocycles. The van der Waals surface area contributed by atoms with Gasteiger partial charge in [0.05, 0.1) is 6.42 Å². The third-order valence-corrected chi connectivity index (χ3v) is 3.55. The first-order valence-electron chi connectivity index (χ1n) is 6.68. The number of hydrogen-bond donors (Lipinski definition) is 1. The average Bonchev–Trinajstić information content (AvgIpc) is 2.42. The van der Waals surface area contributed by atoms with Gasteiger partial charge in [-0.15, -0.1) is 5.10 Å². The Morgan fingerprint density at radius 1 is 1.30 bits per heavy atom. The topological polar surface area (TPSA) is 89.4 Å². The molecule has 124 valence electrons. The molecule has 1 fully saturated rings. The zero-order valence-corrected chi connectivity index (χ0v) is 11.9. The Morgan fingerprint density at radius 2 is 1.96 bits per heavy atom. The highest BCUT2D eigenvalue weighted by Gasteiger charge is 2.45. The zero-order chi connectivity index (χ0) is 17.3. The van der Waals surface area contributed by atoms with E-state index in [-0.39, 0.29) is 11.3 Å². The molecule has 1 aromatic heterocycles. The largest absolute Gasteiger partial charge is 0.478 e. The number of carbonyl (C=O) groups is 2. The van der Waals surface area contributed by atoms with Crippen molar-refractivity contribution in [2.24, 2.45) is 0 Å². The van der Waals surface area contributed by atoms with Crippen LogP contribution in [0, 0.1) is 0 Å². The fraction of sp³-hybridized carbons (Fsp3) is 0.429. The molecule has 0 atom stereocenters. The highest BCUT2D eigenvalue weighted by atomic mass is 19.4. The molecule has 0 aliphatic heterocycles. The Bertz CT molecular complexity index is 636. The molecule has 0 spiro atoms. The minimum absolute atomic E-state index is 0.117. The van der Waals surface area contributed by atoms with Crippen molar-refractivity contribution in [3.63, 3.8) is 0 Å². The SMILES string of the molecule is C=C(CC(=O)OC1(c2ccc(C(F)(F)F)nn2)CCC1)C(=O)O. The van der Waals surface area contributed by atoms with Crippen LogP contribution in [0.3, 0.4) is 0 Å². The second-order valence-corrected chi connectivity index (χ2v) is 5.21. The fourth-order valence-electron chi connectivity index (χ4n) is 2.14. The Labute approximate surface area is 129 Å². The summed E-state index contributed by atoms with van der Waals surface area (Å²) in [5.41, 5.74) is -2.50. The van der Waals surface area contributed by atoms with Crippen LogP contribution in [0.2, 0.25) is 0 Å². The van der Waals surface area contributed by atoms with Crippen molar-refractivity contribution in [2.45, 2.75) is 37.5 Å². The number of halogens is 3. The summed E-state index contributed by atoms with van der Waals surface area (Å²) in [6.45, 7) is 3.23. The van der Waals surface area contributed by atoms with Crippen molar-refractivity contribution in [2.75, 3.05) is 0 Å². The number of carboxylic acids is 1. The van der Waals surface area contributed by atoms with E-state index in [1.165, 1.54) is 0 Å². The Hall–Kier alpha value is -2.45. The van der Waals surface area contributed by atoms with Crippen LogP contribution in [-0.4, -0.2) is 27.2 Å². The molecule has 6 nitrogen and oxygen atoms in total. The maximum absolute atomic E-state index is 12.5. The Balaban J connectivity index is 2.13. The molecule has 1 aliphatic carbocycles. The standard InChI is InChI=1S/C14H13F3N2O4/c1-8(12(21)22)7-11(20)23-13(5-2-6-13)9-3-4-10(19-18-9)14(15,16)17/h3-4H,1-2,5-7H2,(H,21,22). The number of carbonyl (C=O) groups excluding carboxylic acids is 1. The molecule has 1 heterocycles. The quantitative estimate of drug-likeness (QED) is 0.659. The van der Waals surface area contributed by atoms with E-state index in [0.717, 1.165) is 12.1 Å². The van der Waals surface area contributed by atoms with Crippen LogP contribution in [0.1, 0.15) is 37.1 Å². The molecule has 0 unspecified atom stereocenters. The van der Waals surface area contributed by atoms with Crippen LogP contribution >= 0.6 is 0 Å². The van der Waals surface area contributed by atoms with Gasteiger partial charge in [-0.25, -0.2) is 4.79 Å². The third-order valence-electron chi connectivity index (χ3n) is 3.55. The van der Waals surface area contributed by atoms with Crippen LogP contribution < -0.4 is 0 Å². The maximum Gasteiger partial charge on any atom is 0.435 e. The molecule has 0 saturated heterocycles. The summed E-state index contributed by atoms with van der Waals surface area (Å²) in [6.07, 6.45) is -3.63. The van der Waals surface area contributed by atoms with Gasteiger partial charge in [0, 0.05) is 5.57 Å². The molecule has 0 bridgehead atoms. The number of aromatic nitrogens is 2. The molecular weight excluding hydrogens is 317 g/mol. The van der Waals surface area contributed by atoms with Gasteiger partial charge < -0.3 is 9.84 Å². The molecule has 2 rings (SSSR count). The summed E-state index contributed by atoms with van der Waals surface area (Å²) >= 11 is 0. The predicted octanol–water partition coefficient (Wildman–Crippen LogP) is 2.45. The van der Waals surface area contributed by atoms with Crippen molar-refractivity contribution in [1.29, 1.82) is 0 Å². The second kappa shape index (κ2) is 5.98. The minimum atomic E-state index is -4.60. The number of hydrogen-bond acceptors (Lipinski definition) is 5. The van der Waals surface area contributed by atoms with Crippen molar-refractivity contribution in [3.05, 3.63) is 35.7 Å². The highest BCUT2D eigenvalue weighted by Crippen LogP contribution is 2.44. The van der Waals surface area contributed by atoms with Crippen LogP contribution in [-0.2, 0) is 26.1 Å². The van der Waals surface area contributed by atoms with Gasteiger partial charge in [0.1, 0.15) is 5.69 Å². The van der Waals surface area contributed by atoms with E-state index in [1.807, 2.05) is 0 Å². The van der Waals surface area contributed by atoms with E-state index in [2.05, 4.69) is 16.8 Å². The lowest BCUT2D eigenvalue weighted by atomic mass is 9.77. The Kier molecular flexibility index (Phi) is 4.39. The van der Waals surface area contributed by atoms with Gasteiger partial charge in [0.25, 0.3) is 0 Å². The number of carboxylic acid groups (broad SMARTS) is 1. The summed E-state index contributed by atoms with van der Waals surface area (Å²) in [4.78, 5) is 22.4. The van der Waals surface area contributed by atoms with E-state index in [0.29, 0.717) is 19.3 Å². The Morgan fingerprint density at radius 3 is 2.35 bits per heavy atom. The number of nitrogens with zero attached hydrogens (tertiary/aromatic N) is 2. The summed E-state index contributed by atoms with van der Waals surface area (Å²) in [6, 6.07) is 1.89. The number of alkyl halides is 3. The average molecular weight is 330 g/mol. The van der Waals surface area contributed by atoms with E-state index < -0.39 is 35.8 Å². The highest BCUT2D eigenvalue weighted by molar-refractivity contribution is 5.91. The lowest BCUT2D eigenvalue weighted by Crippen LogP contribution is -2.40. The van der Waals surface area contributed by atoms with Crippen LogP contribution in [0.5, 0.6) is 0 Å². The van der Waals surface area contributed by atoms with E-state index in [9.17, 15) is 22.8 Å². The molecular formula is C14H13F3N2O4. The molecule has 1 aromatic rings. The first kappa shape index (κ1) is 16.9. The normalized spacial score (nSPS) is 16.3. The van der Waals surface area contributed by atoms with Gasteiger partial charge in [0.2, 0.25) is 0 Å². The maximum atomic E-state index is 12.5. The summed E-state index contributed by atoms with van der Waals surface area (Å²) in [5.74, 6) is -2.14. The molecule has 0 radical (unpaired) electrons. The predicted molar refractivity (Wildman–Crippen MR) is 70.0 cm³/mol. The van der Waals surface area contributed by atoms with Crippen LogP contribution in [0.15, 0.2) is 24.3 Å². The zero-order valence-electron chi connectivity index (χ0n) is 11.9. The molecule has 1 N–H and O–H groups in total. The van der Waals surface area contributed by atoms with Gasteiger partial charge in [-0.05, 0) is 31.4 Å². The van der Waals surface area contributed by atoms with Gasteiger partial charge in [0.15, 0.2) is 11.3 Å². The number of esters is 1. The number of ether oxygens (including phenoxy) is 1. The number of aliphatic carboxylic acids is 1. The lowest BCUT2D eigenvalue weighted by molar-refractivity contribution is -0.172. The van der Waals surface area contributed by atoms with Crippen molar-refractivity contribution < 1.29 is 32.6 Å². The monoisotopic (exact) mass is 330 g/mol. The number of rotatable bonds is 5. The van der Waals surface area contributed by atoms with E-state index in [1.54, 1.807) is 0 Å². The smallest absolute Gasteiger partial charge is 0.435 e. The molecule has 9 heteroatoms. The molecule has 1 aliphatic rings. The lowest BCUT2D eigenvalue weighted by Gasteiger charge is -2.40. The van der Waals surface area contributed by atoms with Gasteiger partial charge >= 0.3 is 18.1 Å². The first-order chi connectivity index (χ1) is 10.6. The van der Waals surface area contributed by atoms with Gasteiger partial charge in [-0.3, -0.25) is 4.79 Å². The second-order valence-electron chi connectivity index (χ2n) is 5.21. The van der Waals surface area contributed by atoms with Crippen molar-refractivity contribution in [3.8, 4) is 0 Å². The summed E-state index contributed by atoms with van der Waals surface area (Å²) < 4.78 is 42.7. The third kappa shape index (κ3) is 3.66.